The number of rotatable bonds is 4. The van der Waals surface area contributed by atoms with Crippen LogP contribution in [0.15, 0.2) is 140 Å². The Balaban J connectivity index is 1.45. The fourth-order valence-electron chi connectivity index (χ4n) is 6.26. The maximum atomic E-state index is 3.69. The highest BCUT2D eigenvalue weighted by atomic mass is 15.0. The molecule has 182 valence electrons. The SMILES string of the molecule is B1c2c(-c3ccccc3Nc3ccccc3)cc(-c3ccccc3)cc2-n2c3ccccc3c3cccc1c32. The second-order valence-electron chi connectivity index (χ2n) is 10.3. The van der Waals surface area contributed by atoms with E-state index in [-0.39, 0.29) is 0 Å². The van der Waals surface area contributed by atoms with Gasteiger partial charge in [0, 0.05) is 38.9 Å². The minimum atomic E-state index is 0.896. The molecule has 1 aliphatic rings. The number of nitrogens with one attached hydrogen (secondary N) is 1. The Kier molecular flexibility index (Phi) is 4.96. The Hall–Kier alpha value is -5.02. The minimum absolute atomic E-state index is 0.896. The first-order chi connectivity index (χ1) is 19.3. The Morgan fingerprint density at radius 1 is 0.538 bits per heavy atom. The topological polar surface area (TPSA) is 17.0 Å². The molecule has 0 bridgehead atoms. The highest BCUT2D eigenvalue weighted by molar-refractivity contribution is 6.73. The summed E-state index contributed by atoms with van der Waals surface area (Å²) >= 11 is 0. The Bertz CT molecular complexity index is 2010. The Morgan fingerprint density at radius 2 is 1.26 bits per heavy atom. The van der Waals surface area contributed by atoms with E-state index >= 15 is 0 Å². The van der Waals surface area contributed by atoms with Crippen molar-refractivity contribution in [1.82, 2.24) is 4.57 Å². The van der Waals surface area contributed by atoms with Gasteiger partial charge in [-0.2, -0.15) is 0 Å². The van der Waals surface area contributed by atoms with Crippen LogP contribution >= 0.6 is 0 Å². The fourth-order valence-corrected chi connectivity index (χ4v) is 6.26. The highest BCUT2D eigenvalue weighted by Crippen LogP contribution is 2.38. The summed E-state index contributed by atoms with van der Waals surface area (Å²) < 4.78 is 2.50. The zero-order valence-electron chi connectivity index (χ0n) is 21.4. The summed E-state index contributed by atoms with van der Waals surface area (Å²) in [6, 6.07) is 50.2. The molecule has 1 N–H and O–H groups in total. The largest absolute Gasteiger partial charge is 0.355 e. The van der Waals surface area contributed by atoms with Gasteiger partial charge in [-0.1, -0.05) is 109 Å². The van der Waals surface area contributed by atoms with Crippen molar-refractivity contribution in [2.24, 2.45) is 0 Å². The van der Waals surface area contributed by atoms with Crippen molar-refractivity contribution >= 4 is 51.4 Å². The molecular formula is C36H25BN2. The maximum absolute atomic E-state index is 3.69. The zero-order chi connectivity index (χ0) is 25.8. The first-order valence-electron chi connectivity index (χ1n) is 13.5. The van der Waals surface area contributed by atoms with Gasteiger partial charge in [0.2, 0.25) is 0 Å². The molecular weight excluding hydrogens is 471 g/mol. The van der Waals surface area contributed by atoms with Crippen molar-refractivity contribution in [3.63, 3.8) is 0 Å². The van der Waals surface area contributed by atoms with Crippen molar-refractivity contribution in [2.75, 3.05) is 5.32 Å². The molecule has 2 heterocycles. The molecule has 1 aromatic heterocycles. The molecule has 3 heteroatoms. The van der Waals surface area contributed by atoms with Crippen LogP contribution in [0.1, 0.15) is 0 Å². The lowest BCUT2D eigenvalue weighted by molar-refractivity contribution is 1.19. The van der Waals surface area contributed by atoms with E-state index in [1.807, 2.05) is 0 Å². The number of hydrogen-bond donors (Lipinski definition) is 1. The van der Waals surface area contributed by atoms with Gasteiger partial charge in [-0.15, -0.1) is 0 Å². The van der Waals surface area contributed by atoms with Crippen LogP contribution < -0.4 is 16.2 Å². The molecule has 0 unspecified atom stereocenters. The van der Waals surface area contributed by atoms with Crippen molar-refractivity contribution in [3.05, 3.63) is 140 Å². The van der Waals surface area contributed by atoms with Crippen LogP contribution in [-0.2, 0) is 0 Å². The van der Waals surface area contributed by atoms with Crippen molar-refractivity contribution < 1.29 is 0 Å². The van der Waals surface area contributed by atoms with E-state index in [1.54, 1.807) is 0 Å². The molecule has 2 nitrogen and oxygen atoms in total. The van der Waals surface area contributed by atoms with Crippen LogP contribution in [0.2, 0.25) is 0 Å². The predicted molar refractivity (Wildman–Crippen MR) is 168 cm³/mol. The molecule has 0 saturated heterocycles. The molecule has 1 aliphatic heterocycles. The van der Waals surface area contributed by atoms with Gasteiger partial charge in [-0.25, -0.2) is 0 Å². The second kappa shape index (κ2) is 8.78. The van der Waals surface area contributed by atoms with E-state index in [1.165, 1.54) is 60.7 Å². The number of fused-ring (bicyclic) bond motifs is 5. The molecule has 0 amide bonds. The maximum Gasteiger partial charge on any atom is 0.198 e. The quantitative estimate of drug-likeness (QED) is 0.249. The van der Waals surface area contributed by atoms with Gasteiger partial charge in [0.25, 0.3) is 0 Å². The molecule has 0 atom stereocenters. The van der Waals surface area contributed by atoms with E-state index in [4.69, 9.17) is 0 Å². The van der Waals surface area contributed by atoms with Gasteiger partial charge in [0.15, 0.2) is 7.28 Å². The minimum Gasteiger partial charge on any atom is -0.355 e. The third kappa shape index (κ3) is 3.51. The monoisotopic (exact) mass is 496 g/mol. The lowest BCUT2D eigenvalue weighted by atomic mass is 9.59. The van der Waals surface area contributed by atoms with E-state index in [0.717, 1.165) is 18.7 Å². The molecule has 0 radical (unpaired) electrons. The molecule has 0 fully saturated rings. The van der Waals surface area contributed by atoms with Crippen LogP contribution in [0.4, 0.5) is 11.4 Å². The van der Waals surface area contributed by atoms with Crippen LogP contribution in [0, 0.1) is 0 Å². The van der Waals surface area contributed by atoms with E-state index in [9.17, 15) is 0 Å². The third-order valence-corrected chi connectivity index (χ3v) is 7.99. The van der Waals surface area contributed by atoms with Gasteiger partial charge in [-0.3, -0.25) is 0 Å². The molecule has 7 aromatic rings. The zero-order valence-corrected chi connectivity index (χ0v) is 21.4. The first kappa shape index (κ1) is 22.0. The van der Waals surface area contributed by atoms with Gasteiger partial charge in [0.1, 0.15) is 0 Å². The summed E-state index contributed by atoms with van der Waals surface area (Å²) in [5.74, 6) is 0. The summed E-state index contributed by atoms with van der Waals surface area (Å²) in [6.07, 6.45) is 0. The van der Waals surface area contributed by atoms with Crippen LogP contribution in [0.5, 0.6) is 0 Å². The standard InChI is InChI=1S/C36H25BN2/c1-3-12-24(13-4-1)25-22-30(27-16-7-9-20-32(27)38-26-14-5-2-6-15-26)35-34(23-25)39-33-21-10-8-17-28(33)29-18-11-19-31(37-35)36(29)39/h1-23,37-38H. The molecule has 0 spiro atoms. The summed E-state index contributed by atoms with van der Waals surface area (Å²) in [5.41, 5.74) is 13.7. The number of anilines is 2. The summed E-state index contributed by atoms with van der Waals surface area (Å²) in [6.45, 7) is 0. The van der Waals surface area contributed by atoms with Crippen LogP contribution in [0.25, 0.3) is 49.7 Å². The molecule has 0 saturated carbocycles. The van der Waals surface area contributed by atoms with Crippen molar-refractivity contribution in [2.45, 2.75) is 0 Å². The number of nitrogens with zero attached hydrogens (tertiary/aromatic N) is 1. The Labute approximate surface area is 228 Å². The van der Waals surface area contributed by atoms with Gasteiger partial charge in [-0.05, 0) is 58.6 Å². The molecule has 8 rings (SSSR count). The smallest absolute Gasteiger partial charge is 0.198 e. The first-order valence-corrected chi connectivity index (χ1v) is 13.5. The summed E-state index contributed by atoms with van der Waals surface area (Å²) in [5, 5.41) is 6.32. The third-order valence-electron chi connectivity index (χ3n) is 7.99. The average Bonchev–Trinajstić information content (AvgIpc) is 3.34. The van der Waals surface area contributed by atoms with E-state index in [2.05, 4.69) is 149 Å². The highest BCUT2D eigenvalue weighted by Gasteiger charge is 2.26. The van der Waals surface area contributed by atoms with Gasteiger partial charge >= 0.3 is 0 Å². The van der Waals surface area contributed by atoms with Crippen molar-refractivity contribution in [1.29, 1.82) is 0 Å². The summed E-state index contributed by atoms with van der Waals surface area (Å²) in [7, 11) is 0.896. The molecule has 6 aromatic carbocycles. The number of para-hydroxylation sites is 4. The van der Waals surface area contributed by atoms with E-state index in [0.29, 0.717) is 0 Å². The normalized spacial score (nSPS) is 11.8. The van der Waals surface area contributed by atoms with E-state index < -0.39 is 0 Å². The number of hydrogen-bond acceptors (Lipinski definition) is 1. The molecule has 0 aliphatic carbocycles. The number of benzene rings is 6. The lowest BCUT2D eigenvalue weighted by Gasteiger charge is -2.25. The van der Waals surface area contributed by atoms with Crippen molar-refractivity contribution in [3.8, 4) is 27.9 Å². The van der Waals surface area contributed by atoms with Crippen LogP contribution in [0.3, 0.4) is 0 Å². The van der Waals surface area contributed by atoms with Crippen LogP contribution in [-0.4, -0.2) is 11.8 Å². The van der Waals surface area contributed by atoms with Gasteiger partial charge < -0.3 is 9.88 Å². The molecule has 39 heavy (non-hydrogen) atoms. The average molecular weight is 496 g/mol. The fraction of sp³-hybridized carbons (Fsp3) is 0. The Morgan fingerprint density at radius 3 is 2.13 bits per heavy atom. The lowest BCUT2D eigenvalue weighted by Crippen LogP contribution is -2.37. The number of aromatic nitrogens is 1. The van der Waals surface area contributed by atoms with Gasteiger partial charge in [0.05, 0.1) is 5.52 Å². The second-order valence-corrected chi connectivity index (χ2v) is 10.3. The summed E-state index contributed by atoms with van der Waals surface area (Å²) in [4.78, 5) is 0. The predicted octanol–water partition coefficient (Wildman–Crippen LogP) is 7.56.